The molecule has 0 heterocycles. The van der Waals surface area contributed by atoms with Crippen molar-refractivity contribution in [2.75, 3.05) is 20.7 Å². The first-order valence-electron chi connectivity index (χ1n) is 6.38. The van der Waals surface area contributed by atoms with Crippen molar-refractivity contribution in [2.24, 2.45) is 5.92 Å². The second-order valence-corrected chi connectivity index (χ2v) is 4.36. The number of methoxy groups -OCH3 is 1. The lowest BCUT2D eigenvalue weighted by atomic mass is 9.97. The summed E-state index contributed by atoms with van der Waals surface area (Å²) in [6.45, 7) is 4.62. The van der Waals surface area contributed by atoms with Gasteiger partial charge in [0.2, 0.25) is 5.91 Å². The van der Waals surface area contributed by atoms with Crippen molar-refractivity contribution in [1.82, 2.24) is 4.90 Å². The van der Waals surface area contributed by atoms with E-state index in [-0.39, 0.29) is 24.2 Å². The summed E-state index contributed by atoms with van der Waals surface area (Å²) in [6.07, 6.45) is 4.15. The van der Waals surface area contributed by atoms with E-state index in [0.29, 0.717) is 6.54 Å². The molecule has 0 aliphatic heterocycles. The van der Waals surface area contributed by atoms with Crippen LogP contribution in [0.3, 0.4) is 0 Å². The third kappa shape index (κ3) is 6.29. The Morgan fingerprint density at radius 2 is 1.71 bits per heavy atom. The molecule has 0 rings (SSSR count). The molecule has 0 N–H and O–H groups in total. The summed E-state index contributed by atoms with van der Waals surface area (Å²) in [5.41, 5.74) is 0. The van der Waals surface area contributed by atoms with Gasteiger partial charge in [0.25, 0.3) is 0 Å². The summed E-state index contributed by atoms with van der Waals surface area (Å²) < 4.78 is 4.56. The van der Waals surface area contributed by atoms with Crippen molar-refractivity contribution >= 4 is 11.9 Å². The summed E-state index contributed by atoms with van der Waals surface area (Å²) >= 11 is 0. The van der Waals surface area contributed by atoms with Crippen LogP contribution < -0.4 is 0 Å². The highest BCUT2D eigenvalue weighted by Gasteiger charge is 2.20. The maximum absolute atomic E-state index is 12.1. The molecule has 0 fully saturated rings. The van der Waals surface area contributed by atoms with E-state index in [1.807, 2.05) is 0 Å². The zero-order valence-electron chi connectivity index (χ0n) is 11.5. The molecule has 0 aromatic heterocycles. The molecule has 0 aliphatic rings. The lowest BCUT2D eigenvalue weighted by Crippen LogP contribution is -2.34. The van der Waals surface area contributed by atoms with E-state index in [9.17, 15) is 9.59 Å². The predicted molar refractivity (Wildman–Crippen MR) is 67.6 cm³/mol. The Kier molecular flexibility index (Phi) is 8.46. The van der Waals surface area contributed by atoms with E-state index in [1.54, 1.807) is 11.9 Å². The molecule has 0 atom stereocenters. The Labute approximate surface area is 104 Å². The monoisotopic (exact) mass is 243 g/mol. The maximum Gasteiger partial charge on any atom is 0.307 e. The van der Waals surface area contributed by atoms with Gasteiger partial charge in [-0.15, -0.1) is 0 Å². The van der Waals surface area contributed by atoms with E-state index in [1.165, 1.54) is 7.11 Å². The molecule has 0 spiro atoms. The normalized spacial score (nSPS) is 10.4. The zero-order chi connectivity index (χ0) is 13.3. The Morgan fingerprint density at radius 1 is 1.18 bits per heavy atom. The molecule has 17 heavy (non-hydrogen) atoms. The van der Waals surface area contributed by atoms with Gasteiger partial charge in [0.15, 0.2) is 0 Å². The van der Waals surface area contributed by atoms with E-state index < -0.39 is 0 Å². The minimum Gasteiger partial charge on any atom is -0.469 e. The number of hydrogen-bond acceptors (Lipinski definition) is 3. The first-order valence-corrected chi connectivity index (χ1v) is 6.38. The molecule has 0 radical (unpaired) electrons. The fourth-order valence-corrected chi connectivity index (χ4v) is 1.87. The SMILES string of the molecule is CCCC(CCC)C(=O)N(C)CCC(=O)OC. The molecular formula is C13H25NO3. The first kappa shape index (κ1) is 15.9. The first-order chi connectivity index (χ1) is 8.06. The van der Waals surface area contributed by atoms with Crippen LogP contribution in [0.5, 0.6) is 0 Å². The average molecular weight is 243 g/mol. The number of rotatable bonds is 8. The number of carbonyl (C=O) groups excluding carboxylic acids is 2. The lowest BCUT2D eigenvalue weighted by Gasteiger charge is -2.23. The van der Waals surface area contributed by atoms with Crippen LogP contribution in [-0.4, -0.2) is 37.5 Å². The third-order valence-corrected chi connectivity index (χ3v) is 2.88. The van der Waals surface area contributed by atoms with Crippen LogP contribution in [0.25, 0.3) is 0 Å². The number of hydrogen-bond donors (Lipinski definition) is 0. The Balaban J connectivity index is 4.19. The van der Waals surface area contributed by atoms with Crippen LogP contribution in [0, 0.1) is 5.92 Å². The number of ether oxygens (including phenoxy) is 1. The third-order valence-electron chi connectivity index (χ3n) is 2.88. The fourth-order valence-electron chi connectivity index (χ4n) is 1.87. The molecule has 0 aromatic carbocycles. The zero-order valence-corrected chi connectivity index (χ0v) is 11.5. The Bertz CT molecular complexity index is 235. The van der Waals surface area contributed by atoms with E-state index in [2.05, 4.69) is 18.6 Å². The van der Waals surface area contributed by atoms with Crippen molar-refractivity contribution in [3.8, 4) is 0 Å². The van der Waals surface area contributed by atoms with Crippen LogP contribution in [0.2, 0.25) is 0 Å². The standard InChI is InChI=1S/C13H25NO3/c1-5-7-11(8-6-2)13(16)14(3)10-9-12(15)17-4/h11H,5-10H2,1-4H3. The smallest absolute Gasteiger partial charge is 0.307 e. The number of carbonyl (C=O) groups is 2. The van der Waals surface area contributed by atoms with Gasteiger partial charge in [-0.25, -0.2) is 0 Å². The summed E-state index contributed by atoms with van der Waals surface area (Å²) in [5.74, 6) is -0.0163. The van der Waals surface area contributed by atoms with Gasteiger partial charge in [-0.2, -0.15) is 0 Å². The van der Waals surface area contributed by atoms with Crippen LogP contribution in [-0.2, 0) is 14.3 Å². The van der Waals surface area contributed by atoms with Gasteiger partial charge in [-0.3, -0.25) is 9.59 Å². The number of amides is 1. The van der Waals surface area contributed by atoms with Gasteiger partial charge in [-0.1, -0.05) is 26.7 Å². The van der Waals surface area contributed by atoms with Crippen molar-refractivity contribution in [1.29, 1.82) is 0 Å². The largest absolute Gasteiger partial charge is 0.469 e. The average Bonchev–Trinajstić information content (AvgIpc) is 2.34. The highest BCUT2D eigenvalue weighted by atomic mass is 16.5. The Hall–Kier alpha value is -1.06. The van der Waals surface area contributed by atoms with Crippen LogP contribution in [0.1, 0.15) is 46.0 Å². The van der Waals surface area contributed by atoms with Crippen molar-refractivity contribution in [3.05, 3.63) is 0 Å². The molecule has 0 aromatic rings. The predicted octanol–water partition coefficient (Wildman–Crippen LogP) is 2.22. The van der Waals surface area contributed by atoms with Gasteiger partial charge in [0.05, 0.1) is 13.5 Å². The highest BCUT2D eigenvalue weighted by Crippen LogP contribution is 2.16. The van der Waals surface area contributed by atoms with E-state index >= 15 is 0 Å². The molecule has 0 saturated carbocycles. The highest BCUT2D eigenvalue weighted by molar-refractivity contribution is 5.79. The second-order valence-electron chi connectivity index (χ2n) is 4.36. The van der Waals surface area contributed by atoms with Gasteiger partial charge in [-0.05, 0) is 12.8 Å². The second kappa shape index (κ2) is 9.02. The minimum atomic E-state index is -0.271. The van der Waals surface area contributed by atoms with Crippen molar-refractivity contribution < 1.29 is 14.3 Å². The van der Waals surface area contributed by atoms with Gasteiger partial charge in [0.1, 0.15) is 0 Å². The van der Waals surface area contributed by atoms with Crippen LogP contribution >= 0.6 is 0 Å². The van der Waals surface area contributed by atoms with E-state index in [4.69, 9.17) is 0 Å². The topological polar surface area (TPSA) is 46.6 Å². The fraction of sp³-hybridized carbons (Fsp3) is 0.846. The number of esters is 1. The van der Waals surface area contributed by atoms with Crippen molar-refractivity contribution in [2.45, 2.75) is 46.0 Å². The van der Waals surface area contributed by atoms with Crippen LogP contribution in [0.4, 0.5) is 0 Å². The molecule has 0 aliphatic carbocycles. The quantitative estimate of drug-likeness (QED) is 0.614. The number of nitrogens with zero attached hydrogens (tertiary/aromatic N) is 1. The van der Waals surface area contributed by atoms with Crippen LogP contribution in [0.15, 0.2) is 0 Å². The molecule has 100 valence electrons. The lowest BCUT2D eigenvalue weighted by molar-refractivity contribution is -0.142. The maximum atomic E-state index is 12.1. The van der Waals surface area contributed by atoms with Crippen molar-refractivity contribution in [3.63, 3.8) is 0 Å². The minimum absolute atomic E-state index is 0.104. The summed E-state index contributed by atoms with van der Waals surface area (Å²) in [7, 11) is 3.12. The molecule has 1 amide bonds. The molecule has 0 saturated heterocycles. The summed E-state index contributed by atoms with van der Waals surface area (Å²) in [6, 6.07) is 0. The molecular weight excluding hydrogens is 218 g/mol. The van der Waals surface area contributed by atoms with Gasteiger partial charge < -0.3 is 9.64 Å². The van der Waals surface area contributed by atoms with E-state index in [0.717, 1.165) is 25.7 Å². The van der Waals surface area contributed by atoms with Gasteiger partial charge >= 0.3 is 5.97 Å². The van der Waals surface area contributed by atoms with Gasteiger partial charge in [0, 0.05) is 19.5 Å². The Morgan fingerprint density at radius 3 is 2.12 bits per heavy atom. The molecule has 4 nitrogen and oxygen atoms in total. The summed E-state index contributed by atoms with van der Waals surface area (Å²) in [4.78, 5) is 24.7. The molecule has 4 heteroatoms. The summed E-state index contributed by atoms with van der Waals surface area (Å²) in [5, 5.41) is 0. The molecule has 0 bridgehead atoms. The molecule has 0 unspecified atom stereocenters.